The first-order valence-corrected chi connectivity index (χ1v) is 4.43. The number of rotatable bonds is 1. The summed E-state index contributed by atoms with van der Waals surface area (Å²) in [7, 11) is 0. The van der Waals surface area contributed by atoms with Crippen molar-refractivity contribution < 1.29 is 9.90 Å². The van der Waals surface area contributed by atoms with Crippen molar-refractivity contribution in [3.8, 4) is 0 Å². The maximum Gasteiger partial charge on any atom is 0.325 e. The van der Waals surface area contributed by atoms with Crippen LogP contribution in [0.4, 0.5) is 0 Å². The normalized spacial score (nSPS) is 48.1. The molecule has 0 saturated heterocycles. The summed E-state index contributed by atoms with van der Waals surface area (Å²) in [4.78, 5) is 9.88. The van der Waals surface area contributed by atoms with Gasteiger partial charge in [0.2, 0.25) is 0 Å². The van der Waals surface area contributed by atoms with Gasteiger partial charge in [0.1, 0.15) is 4.87 Å². The molecule has 0 amide bonds. The zero-order chi connectivity index (χ0) is 8.06. The molecule has 2 rings (SSSR count). The summed E-state index contributed by atoms with van der Waals surface area (Å²) in [5, 5.41) is 8.86. The molecule has 1 N–H and O–H groups in total. The zero-order valence-electron chi connectivity index (χ0n) is 6.22. The van der Waals surface area contributed by atoms with Gasteiger partial charge in [-0.05, 0) is 31.1 Å². The Labute approximate surface area is 70.5 Å². The molecule has 0 aromatic rings. The lowest BCUT2D eigenvalue weighted by molar-refractivity contribution is -0.141. The smallest absolute Gasteiger partial charge is 0.325 e. The first-order valence-electron chi connectivity index (χ1n) is 4.05. The summed E-state index contributed by atoms with van der Waals surface area (Å²) in [6.45, 7) is 0. The molecule has 0 unspecified atom stereocenters. The van der Waals surface area contributed by atoms with E-state index in [9.17, 15) is 4.79 Å². The molecule has 62 valence electrons. The van der Waals surface area contributed by atoms with E-state index in [1.807, 2.05) is 0 Å². The molecule has 0 aliphatic heterocycles. The van der Waals surface area contributed by atoms with Crippen LogP contribution in [0.3, 0.4) is 0 Å². The number of halogens is 1. The Morgan fingerprint density at radius 1 is 1.55 bits per heavy atom. The molecule has 3 heteroatoms. The number of carboxylic acid groups (broad SMARTS) is 1. The largest absolute Gasteiger partial charge is 0.480 e. The van der Waals surface area contributed by atoms with Crippen molar-refractivity contribution in [2.75, 3.05) is 0 Å². The number of hydrogen-bond acceptors (Lipinski definition) is 1. The molecule has 0 spiro atoms. The van der Waals surface area contributed by atoms with E-state index in [0.717, 1.165) is 12.8 Å². The maximum absolute atomic E-state index is 10.8. The molecular formula is C8H11ClO2. The van der Waals surface area contributed by atoms with Gasteiger partial charge < -0.3 is 5.11 Å². The van der Waals surface area contributed by atoms with E-state index in [1.165, 1.54) is 6.42 Å². The molecular weight excluding hydrogens is 164 g/mol. The van der Waals surface area contributed by atoms with Crippen molar-refractivity contribution in [2.45, 2.75) is 30.6 Å². The molecule has 0 heterocycles. The first kappa shape index (κ1) is 7.41. The highest BCUT2D eigenvalue weighted by atomic mass is 35.5. The van der Waals surface area contributed by atoms with Crippen LogP contribution < -0.4 is 0 Å². The first-order chi connectivity index (χ1) is 5.13. The van der Waals surface area contributed by atoms with E-state index in [2.05, 4.69) is 0 Å². The van der Waals surface area contributed by atoms with Crippen LogP contribution in [-0.4, -0.2) is 16.0 Å². The fraction of sp³-hybridized carbons (Fsp3) is 0.875. The van der Waals surface area contributed by atoms with Crippen LogP contribution >= 0.6 is 11.6 Å². The van der Waals surface area contributed by atoms with Crippen LogP contribution in [-0.2, 0) is 4.79 Å². The molecule has 3 atom stereocenters. The lowest BCUT2D eigenvalue weighted by Crippen LogP contribution is -2.37. The standard InChI is InChI=1S/C8H11ClO2/c9-8(7(10)11)4-5-1-2-6(8)3-5/h5-6H,1-4H2,(H,10,11)/t5-,6+,8+/m1/s1. The number of fused-ring (bicyclic) bond motifs is 2. The average molecular weight is 175 g/mol. The molecule has 0 radical (unpaired) electrons. The molecule has 2 bridgehead atoms. The fourth-order valence-electron chi connectivity index (χ4n) is 2.52. The van der Waals surface area contributed by atoms with Crippen LogP contribution in [0.25, 0.3) is 0 Å². The second-order valence-corrected chi connectivity index (χ2v) is 4.42. The maximum atomic E-state index is 10.8. The third kappa shape index (κ3) is 0.886. The third-order valence-electron chi connectivity index (χ3n) is 3.13. The van der Waals surface area contributed by atoms with Crippen molar-refractivity contribution in [3.05, 3.63) is 0 Å². The lowest BCUT2D eigenvalue weighted by atomic mass is 9.88. The Morgan fingerprint density at radius 3 is 2.55 bits per heavy atom. The van der Waals surface area contributed by atoms with Gasteiger partial charge in [-0.1, -0.05) is 6.42 Å². The van der Waals surface area contributed by atoms with Crippen LogP contribution in [0.1, 0.15) is 25.7 Å². The Bertz CT molecular complexity index is 204. The number of aliphatic carboxylic acids is 1. The van der Waals surface area contributed by atoms with Crippen LogP contribution in [0.5, 0.6) is 0 Å². The Hall–Kier alpha value is -0.240. The van der Waals surface area contributed by atoms with Gasteiger partial charge in [0.15, 0.2) is 0 Å². The van der Waals surface area contributed by atoms with Crippen LogP contribution in [0.15, 0.2) is 0 Å². The lowest BCUT2D eigenvalue weighted by Gasteiger charge is -2.26. The summed E-state index contributed by atoms with van der Waals surface area (Å²) in [6.07, 6.45) is 3.93. The molecule has 2 aliphatic rings. The predicted octanol–water partition coefficient (Wildman–Crippen LogP) is 1.87. The fourth-order valence-corrected chi connectivity index (χ4v) is 2.94. The van der Waals surface area contributed by atoms with E-state index >= 15 is 0 Å². The van der Waals surface area contributed by atoms with Gasteiger partial charge in [-0.25, -0.2) is 0 Å². The highest BCUT2D eigenvalue weighted by Gasteiger charge is 2.54. The van der Waals surface area contributed by atoms with E-state index in [1.54, 1.807) is 0 Å². The monoisotopic (exact) mass is 174 g/mol. The topological polar surface area (TPSA) is 37.3 Å². The minimum Gasteiger partial charge on any atom is -0.480 e. The minimum absolute atomic E-state index is 0.242. The number of hydrogen-bond donors (Lipinski definition) is 1. The summed E-state index contributed by atoms with van der Waals surface area (Å²) in [5.41, 5.74) is 0. The van der Waals surface area contributed by atoms with Gasteiger partial charge in [-0.2, -0.15) is 0 Å². The van der Waals surface area contributed by atoms with Crippen LogP contribution in [0, 0.1) is 11.8 Å². The molecule has 2 saturated carbocycles. The van der Waals surface area contributed by atoms with Crippen molar-refractivity contribution in [1.29, 1.82) is 0 Å². The molecule has 2 nitrogen and oxygen atoms in total. The molecule has 0 aromatic heterocycles. The van der Waals surface area contributed by atoms with E-state index < -0.39 is 10.8 Å². The molecule has 2 fully saturated rings. The molecule has 11 heavy (non-hydrogen) atoms. The second-order valence-electron chi connectivity index (χ2n) is 3.75. The van der Waals surface area contributed by atoms with Crippen molar-refractivity contribution in [2.24, 2.45) is 11.8 Å². The van der Waals surface area contributed by atoms with Crippen molar-refractivity contribution in [1.82, 2.24) is 0 Å². The summed E-state index contributed by atoms with van der Waals surface area (Å²) in [5.74, 6) is 0.0200. The number of alkyl halides is 1. The summed E-state index contributed by atoms with van der Waals surface area (Å²) >= 11 is 6.00. The highest BCUT2D eigenvalue weighted by Crippen LogP contribution is 2.54. The second kappa shape index (κ2) is 2.13. The number of carbonyl (C=O) groups is 1. The molecule has 0 aromatic carbocycles. The quantitative estimate of drug-likeness (QED) is 0.617. The van der Waals surface area contributed by atoms with Gasteiger partial charge in [-0.15, -0.1) is 11.6 Å². The number of carboxylic acids is 1. The van der Waals surface area contributed by atoms with Crippen LogP contribution in [0.2, 0.25) is 0 Å². The third-order valence-corrected chi connectivity index (χ3v) is 3.75. The Morgan fingerprint density at radius 2 is 2.27 bits per heavy atom. The van der Waals surface area contributed by atoms with E-state index in [4.69, 9.17) is 16.7 Å². The van der Waals surface area contributed by atoms with Crippen molar-refractivity contribution >= 4 is 17.6 Å². The van der Waals surface area contributed by atoms with E-state index in [0.29, 0.717) is 12.3 Å². The summed E-state index contributed by atoms with van der Waals surface area (Å²) < 4.78 is 0. The van der Waals surface area contributed by atoms with Gasteiger partial charge in [0, 0.05) is 0 Å². The van der Waals surface area contributed by atoms with Gasteiger partial charge in [0.05, 0.1) is 0 Å². The zero-order valence-corrected chi connectivity index (χ0v) is 6.97. The van der Waals surface area contributed by atoms with E-state index in [-0.39, 0.29) is 5.92 Å². The van der Waals surface area contributed by atoms with Gasteiger partial charge in [0.25, 0.3) is 0 Å². The van der Waals surface area contributed by atoms with Gasteiger partial charge in [-0.3, -0.25) is 4.79 Å². The molecule has 2 aliphatic carbocycles. The SMILES string of the molecule is O=C(O)[C@]1(Cl)C[C@@H]2CC[C@H]1C2. The Kier molecular flexibility index (Phi) is 1.43. The average Bonchev–Trinajstić information content (AvgIpc) is 2.45. The van der Waals surface area contributed by atoms with Gasteiger partial charge >= 0.3 is 5.97 Å². The minimum atomic E-state index is -0.900. The highest BCUT2D eigenvalue weighted by molar-refractivity contribution is 6.34. The predicted molar refractivity (Wildman–Crippen MR) is 41.7 cm³/mol. The Balaban J connectivity index is 2.23. The van der Waals surface area contributed by atoms with Crippen molar-refractivity contribution in [3.63, 3.8) is 0 Å². The summed E-state index contributed by atoms with van der Waals surface area (Å²) in [6, 6.07) is 0.